The van der Waals surface area contributed by atoms with Crippen molar-refractivity contribution in [2.75, 3.05) is 17.2 Å². The largest absolute Gasteiger partial charge is 0.421 e. The second-order valence-corrected chi connectivity index (χ2v) is 6.00. The SMILES string of the molecule is CCNc1c(NC(=O)Cc2cccs2)c(=O)oc2ccccc12. The summed E-state index contributed by atoms with van der Waals surface area (Å²) in [4.78, 5) is 25.4. The second kappa shape index (κ2) is 6.66. The van der Waals surface area contributed by atoms with E-state index in [0.717, 1.165) is 10.3 Å². The van der Waals surface area contributed by atoms with Gasteiger partial charge in [-0.05, 0) is 30.5 Å². The molecule has 5 nitrogen and oxygen atoms in total. The Hall–Kier alpha value is -2.60. The van der Waals surface area contributed by atoms with Gasteiger partial charge in [0.25, 0.3) is 0 Å². The molecule has 1 aromatic carbocycles. The van der Waals surface area contributed by atoms with Gasteiger partial charge in [-0.2, -0.15) is 0 Å². The van der Waals surface area contributed by atoms with Crippen LogP contribution in [0.25, 0.3) is 11.0 Å². The number of rotatable bonds is 5. The van der Waals surface area contributed by atoms with Crippen LogP contribution >= 0.6 is 11.3 Å². The number of amides is 1. The minimum atomic E-state index is -0.556. The summed E-state index contributed by atoms with van der Waals surface area (Å²) in [7, 11) is 0. The van der Waals surface area contributed by atoms with E-state index in [-0.39, 0.29) is 18.0 Å². The zero-order chi connectivity index (χ0) is 16.2. The highest BCUT2D eigenvalue weighted by atomic mass is 32.1. The van der Waals surface area contributed by atoms with Crippen molar-refractivity contribution >= 4 is 39.6 Å². The molecule has 0 fully saturated rings. The Kier molecular flexibility index (Phi) is 4.43. The topological polar surface area (TPSA) is 71.3 Å². The van der Waals surface area contributed by atoms with Gasteiger partial charge in [-0.25, -0.2) is 4.79 Å². The summed E-state index contributed by atoms with van der Waals surface area (Å²) in [5.41, 5.74) is 0.690. The van der Waals surface area contributed by atoms with Gasteiger partial charge in [0.1, 0.15) is 5.58 Å². The van der Waals surface area contributed by atoms with Crippen molar-refractivity contribution in [3.63, 3.8) is 0 Å². The van der Waals surface area contributed by atoms with Gasteiger partial charge in [0.05, 0.1) is 12.1 Å². The van der Waals surface area contributed by atoms with E-state index in [1.165, 1.54) is 11.3 Å². The predicted octanol–water partition coefficient (Wildman–Crippen LogP) is 3.47. The van der Waals surface area contributed by atoms with Gasteiger partial charge < -0.3 is 15.1 Å². The Morgan fingerprint density at radius 1 is 1.17 bits per heavy atom. The Morgan fingerprint density at radius 3 is 2.74 bits per heavy atom. The van der Waals surface area contributed by atoms with Crippen LogP contribution in [0.3, 0.4) is 0 Å². The Labute approximate surface area is 136 Å². The van der Waals surface area contributed by atoms with Gasteiger partial charge in [-0.1, -0.05) is 18.2 Å². The zero-order valence-corrected chi connectivity index (χ0v) is 13.4. The molecule has 0 unspecified atom stereocenters. The van der Waals surface area contributed by atoms with Crippen LogP contribution in [-0.4, -0.2) is 12.5 Å². The third kappa shape index (κ3) is 3.27. The lowest BCUT2D eigenvalue weighted by Gasteiger charge is -2.13. The number of para-hydroxylation sites is 1. The first-order valence-corrected chi connectivity index (χ1v) is 8.19. The monoisotopic (exact) mass is 328 g/mol. The van der Waals surface area contributed by atoms with E-state index < -0.39 is 5.63 Å². The number of carbonyl (C=O) groups is 1. The smallest absolute Gasteiger partial charge is 0.362 e. The predicted molar refractivity (Wildman–Crippen MR) is 93.3 cm³/mol. The molecule has 6 heteroatoms. The Bertz CT molecular complexity index is 884. The van der Waals surface area contributed by atoms with E-state index in [1.807, 2.05) is 36.6 Å². The van der Waals surface area contributed by atoms with E-state index in [0.29, 0.717) is 17.8 Å². The molecule has 2 heterocycles. The number of benzene rings is 1. The first kappa shape index (κ1) is 15.3. The first-order valence-electron chi connectivity index (χ1n) is 7.31. The maximum absolute atomic E-state index is 12.2. The van der Waals surface area contributed by atoms with E-state index in [1.54, 1.807) is 12.1 Å². The summed E-state index contributed by atoms with van der Waals surface area (Å²) < 4.78 is 5.31. The van der Waals surface area contributed by atoms with E-state index in [2.05, 4.69) is 10.6 Å². The highest BCUT2D eigenvalue weighted by Gasteiger charge is 2.16. The number of fused-ring (bicyclic) bond motifs is 1. The van der Waals surface area contributed by atoms with Crippen LogP contribution in [0, 0.1) is 0 Å². The summed E-state index contributed by atoms with van der Waals surface area (Å²) in [6, 6.07) is 11.0. The zero-order valence-electron chi connectivity index (χ0n) is 12.6. The molecule has 0 saturated heterocycles. The lowest BCUT2D eigenvalue weighted by atomic mass is 10.1. The molecule has 3 rings (SSSR count). The van der Waals surface area contributed by atoms with Gasteiger partial charge in [-0.15, -0.1) is 11.3 Å². The molecular weight excluding hydrogens is 312 g/mol. The molecule has 0 aliphatic carbocycles. The van der Waals surface area contributed by atoms with Crippen LogP contribution in [0.5, 0.6) is 0 Å². The standard InChI is InChI=1S/C17H16N2O3S/c1-2-18-15-12-7-3-4-8-13(12)22-17(21)16(15)19-14(20)10-11-6-5-9-23-11/h3-9,18H,2,10H2,1H3,(H,19,20). The van der Waals surface area contributed by atoms with Crippen molar-refractivity contribution in [3.05, 3.63) is 57.1 Å². The third-order valence-corrected chi connectivity index (χ3v) is 4.22. The van der Waals surface area contributed by atoms with Crippen LogP contribution in [0.15, 0.2) is 51.0 Å². The van der Waals surface area contributed by atoms with E-state index >= 15 is 0 Å². The van der Waals surface area contributed by atoms with Gasteiger partial charge in [0.15, 0.2) is 5.69 Å². The van der Waals surface area contributed by atoms with Crippen LogP contribution in [0.4, 0.5) is 11.4 Å². The summed E-state index contributed by atoms with van der Waals surface area (Å²) in [6.45, 7) is 2.56. The summed E-state index contributed by atoms with van der Waals surface area (Å²) in [5, 5.41) is 8.52. The van der Waals surface area contributed by atoms with Crippen molar-refractivity contribution in [1.29, 1.82) is 0 Å². The van der Waals surface area contributed by atoms with E-state index in [9.17, 15) is 9.59 Å². The molecule has 3 aromatic rings. The normalized spacial score (nSPS) is 10.7. The van der Waals surface area contributed by atoms with E-state index in [4.69, 9.17) is 4.42 Å². The average Bonchev–Trinajstić information content (AvgIpc) is 3.03. The number of anilines is 2. The summed E-state index contributed by atoms with van der Waals surface area (Å²) in [6.07, 6.45) is 0.232. The number of carbonyl (C=O) groups excluding carboxylic acids is 1. The van der Waals surface area contributed by atoms with Crippen molar-refractivity contribution in [1.82, 2.24) is 0 Å². The molecule has 0 atom stereocenters. The summed E-state index contributed by atoms with van der Waals surface area (Å²) in [5.74, 6) is -0.241. The molecule has 0 saturated carbocycles. The number of thiophene rings is 1. The second-order valence-electron chi connectivity index (χ2n) is 4.97. The molecule has 2 N–H and O–H groups in total. The molecule has 1 amide bonds. The Morgan fingerprint density at radius 2 is 2.00 bits per heavy atom. The fourth-order valence-corrected chi connectivity index (χ4v) is 3.08. The van der Waals surface area contributed by atoms with Crippen molar-refractivity contribution in [2.45, 2.75) is 13.3 Å². The fourth-order valence-electron chi connectivity index (χ4n) is 2.38. The van der Waals surface area contributed by atoms with Gasteiger partial charge in [-0.3, -0.25) is 4.79 Å². The molecule has 2 aromatic heterocycles. The van der Waals surface area contributed by atoms with Crippen molar-refractivity contribution < 1.29 is 9.21 Å². The first-order chi connectivity index (χ1) is 11.2. The molecular formula is C17H16N2O3S. The lowest BCUT2D eigenvalue weighted by molar-refractivity contribution is -0.115. The lowest BCUT2D eigenvalue weighted by Crippen LogP contribution is -2.21. The third-order valence-electron chi connectivity index (χ3n) is 3.35. The molecule has 0 spiro atoms. The quantitative estimate of drug-likeness (QED) is 0.704. The van der Waals surface area contributed by atoms with Gasteiger partial charge >= 0.3 is 5.63 Å². The van der Waals surface area contributed by atoms with Crippen molar-refractivity contribution in [3.8, 4) is 0 Å². The molecule has 0 radical (unpaired) electrons. The highest BCUT2D eigenvalue weighted by Crippen LogP contribution is 2.28. The van der Waals surface area contributed by atoms with Gasteiger partial charge in [0.2, 0.25) is 5.91 Å². The number of hydrogen-bond donors (Lipinski definition) is 2. The minimum absolute atomic E-state index is 0.159. The molecule has 0 bridgehead atoms. The number of hydrogen-bond acceptors (Lipinski definition) is 5. The minimum Gasteiger partial charge on any atom is -0.421 e. The highest BCUT2D eigenvalue weighted by molar-refractivity contribution is 7.10. The Balaban J connectivity index is 1.98. The average molecular weight is 328 g/mol. The van der Waals surface area contributed by atoms with Crippen LogP contribution in [0.1, 0.15) is 11.8 Å². The van der Waals surface area contributed by atoms with Crippen LogP contribution < -0.4 is 16.3 Å². The maximum atomic E-state index is 12.2. The number of nitrogens with one attached hydrogen (secondary N) is 2. The van der Waals surface area contributed by atoms with Crippen LogP contribution in [-0.2, 0) is 11.2 Å². The molecule has 0 aliphatic heterocycles. The van der Waals surface area contributed by atoms with Crippen LogP contribution in [0.2, 0.25) is 0 Å². The maximum Gasteiger partial charge on any atom is 0.362 e. The molecule has 118 valence electrons. The van der Waals surface area contributed by atoms with Gasteiger partial charge in [0, 0.05) is 16.8 Å². The van der Waals surface area contributed by atoms with Crippen molar-refractivity contribution in [2.24, 2.45) is 0 Å². The fraction of sp³-hybridized carbons (Fsp3) is 0.176. The molecule has 0 aliphatic rings. The molecule has 23 heavy (non-hydrogen) atoms. The summed E-state index contributed by atoms with van der Waals surface area (Å²) >= 11 is 1.51.